The zero-order valence-corrected chi connectivity index (χ0v) is 18.5. The van der Waals surface area contributed by atoms with Gasteiger partial charge in [0.05, 0.1) is 16.5 Å². The molecular weight excluding hydrogens is 410 g/mol. The van der Waals surface area contributed by atoms with Crippen molar-refractivity contribution in [1.82, 2.24) is 8.87 Å². The van der Waals surface area contributed by atoms with Gasteiger partial charge in [0.2, 0.25) is 0 Å². The summed E-state index contributed by atoms with van der Waals surface area (Å²) in [5, 5.41) is 9.69. The number of benzene rings is 2. The molecular formula is C24H25N3O3S. The van der Waals surface area contributed by atoms with E-state index >= 15 is 0 Å². The van der Waals surface area contributed by atoms with Gasteiger partial charge in [0.25, 0.3) is 10.0 Å². The molecule has 2 aromatic carbocycles. The van der Waals surface area contributed by atoms with Crippen LogP contribution in [-0.2, 0) is 10.0 Å². The smallest absolute Gasteiger partial charge is 0.268 e. The molecule has 4 rings (SSSR count). The van der Waals surface area contributed by atoms with E-state index in [9.17, 15) is 13.2 Å². The summed E-state index contributed by atoms with van der Waals surface area (Å²) in [6, 6.07) is 15.8. The molecule has 0 spiro atoms. The summed E-state index contributed by atoms with van der Waals surface area (Å²) in [7, 11) is -1.91. The fourth-order valence-corrected chi connectivity index (χ4v) is 5.74. The van der Waals surface area contributed by atoms with Gasteiger partial charge < -0.3 is 4.90 Å². The largest absolute Gasteiger partial charge is 0.306 e. The van der Waals surface area contributed by atoms with Gasteiger partial charge in [-0.3, -0.25) is 4.79 Å². The monoisotopic (exact) mass is 435 g/mol. The lowest BCUT2D eigenvalue weighted by molar-refractivity contribution is 0.0992. The normalized spacial score (nSPS) is 15.8. The van der Waals surface area contributed by atoms with Crippen LogP contribution in [0.15, 0.2) is 53.4 Å². The lowest BCUT2D eigenvalue weighted by Crippen LogP contribution is -2.29. The van der Waals surface area contributed by atoms with Gasteiger partial charge in [-0.15, -0.1) is 0 Å². The van der Waals surface area contributed by atoms with Gasteiger partial charge in [-0.1, -0.05) is 29.8 Å². The van der Waals surface area contributed by atoms with E-state index in [1.807, 2.05) is 31.2 Å². The minimum absolute atomic E-state index is 0.0256. The number of rotatable bonds is 5. The lowest BCUT2D eigenvalue weighted by Gasteiger charge is -2.29. The number of Topliss-reactive ketones (excluding diaryl/α,β-unsaturated/α-hetero) is 1. The second-order valence-electron chi connectivity index (χ2n) is 8.27. The number of fused-ring (bicyclic) bond motifs is 1. The number of hydrogen-bond donors (Lipinski definition) is 0. The highest BCUT2D eigenvalue weighted by molar-refractivity contribution is 7.90. The van der Waals surface area contributed by atoms with Crippen LogP contribution in [0, 0.1) is 18.3 Å². The van der Waals surface area contributed by atoms with Crippen molar-refractivity contribution in [3.05, 3.63) is 65.4 Å². The molecule has 0 saturated carbocycles. The number of nitrogens with zero attached hydrogens (tertiary/aromatic N) is 3. The van der Waals surface area contributed by atoms with Crippen LogP contribution in [0.1, 0.15) is 46.8 Å². The Labute approximate surface area is 182 Å². The van der Waals surface area contributed by atoms with Gasteiger partial charge in [-0.25, -0.2) is 12.4 Å². The first kappa shape index (κ1) is 21.3. The molecule has 0 unspecified atom stereocenters. The topological polar surface area (TPSA) is 83.2 Å². The first-order chi connectivity index (χ1) is 14.8. The van der Waals surface area contributed by atoms with Crippen molar-refractivity contribution in [2.24, 2.45) is 0 Å². The number of likely N-dealkylation sites (tertiary alicyclic amines) is 1. The van der Waals surface area contributed by atoms with Crippen LogP contribution < -0.4 is 0 Å². The van der Waals surface area contributed by atoms with Crippen molar-refractivity contribution in [2.75, 3.05) is 20.1 Å². The lowest BCUT2D eigenvalue weighted by atomic mass is 9.89. The molecule has 0 aliphatic carbocycles. The third-order valence-corrected chi connectivity index (χ3v) is 7.80. The average Bonchev–Trinajstić information content (AvgIpc) is 3.14. The molecule has 6 nitrogen and oxygen atoms in total. The summed E-state index contributed by atoms with van der Waals surface area (Å²) in [6.07, 6.45) is 1.64. The van der Waals surface area contributed by atoms with Crippen LogP contribution >= 0.6 is 0 Å². The Morgan fingerprint density at radius 2 is 1.77 bits per heavy atom. The van der Waals surface area contributed by atoms with Gasteiger partial charge in [-0.2, -0.15) is 5.26 Å². The minimum atomic E-state index is -4.01. The summed E-state index contributed by atoms with van der Waals surface area (Å²) in [5.41, 5.74) is 2.54. The second-order valence-corrected chi connectivity index (χ2v) is 10.1. The maximum Gasteiger partial charge on any atom is 0.268 e. The van der Waals surface area contributed by atoms with Crippen LogP contribution in [0.5, 0.6) is 0 Å². The molecule has 3 aromatic rings. The Morgan fingerprint density at radius 3 is 2.42 bits per heavy atom. The molecule has 1 aromatic heterocycles. The van der Waals surface area contributed by atoms with E-state index in [4.69, 9.17) is 5.26 Å². The number of carbonyl (C=O) groups is 1. The van der Waals surface area contributed by atoms with Crippen LogP contribution in [0.4, 0.5) is 0 Å². The van der Waals surface area contributed by atoms with E-state index in [0.717, 1.165) is 41.0 Å². The third-order valence-electron chi connectivity index (χ3n) is 6.06. The fourth-order valence-electron chi connectivity index (χ4n) is 4.22. The maximum absolute atomic E-state index is 13.6. The highest BCUT2D eigenvalue weighted by atomic mass is 32.2. The van der Waals surface area contributed by atoms with Crippen molar-refractivity contribution in [3.63, 3.8) is 0 Å². The average molecular weight is 436 g/mol. The fraction of sp³-hybridized carbons (Fsp3) is 0.333. The number of nitriles is 1. The van der Waals surface area contributed by atoms with Crippen LogP contribution in [0.3, 0.4) is 0 Å². The summed E-state index contributed by atoms with van der Waals surface area (Å²) in [5.74, 6) is -0.153. The Balaban J connectivity index is 1.90. The summed E-state index contributed by atoms with van der Waals surface area (Å²) in [4.78, 5) is 15.1. The zero-order chi connectivity index (χ0) is 22.2. The van der Waals surface area contributed by atoms with Crippen LogP contribution in [0.25, 0.3) is 10.9 Å². The summed E-state index contributed by atoms with van der Waals surface area (Å²) in [6.45, 7) is 3.88. The Kier molecular flexibility index (Phi) is 5.69. The number of piperidine rings is 1. The van der Waals surface area contributed by atoms with Crippen molar-refractivity contribution >= 4 is 26.7 Å². The van der Waals surface area contributed by atoms with Crippen LogP contribution in [-0.4, -0.2) is 43.2 Å². The molecule has 160 valence electrons. The van der Waals surface area contributed by atoms with E-state index in [-0.39, 0.29) is 17.0 Å². The highest BCUT2D eigenvalue weighted by Crippen LogP contribution is 2.33. The molecule has 1 aliphatic rings. The second kappa shape index (κ2) is 8.29. The Hall–Kier alpha value is -2.95. The molecule has 0 atom stereocenters. The van der Waals surface area contributed by atoms with E-state index < -0.39 is 15.8 Å². The molecule has 31 heavy (non-hydrogen) atoms. The van der Waals surface area contributed by atoms with Crippen molar-refractivity contribution < 1.29 is 13.2 Å². The number of aryl methyl sites for hydroxylation is 1. The van der Waals surface area contributed by atoms with Crippen LogP contribution in [0.2, 0.25) is 0 Å². The highest BCUT2D eigenvalue weighted by Gasteiger charge is 2.27. The molecule has 1 fully saturated rings. The molecule has 0 radical (unpaired) electrons. The third kappa shape index (κ3) is 4.01. The van der Waals surface area contributed by atoms with Crippen molar-refractivity contribution in [3.8, 4) is 6.07 Å². The van der Waals surface area contributed by atoms with Crippen molar-refractivity contribution in [2.45, 2.75) is 37.0 Å². The number of hydrogen-bond acceptors (Lipinski definition) is 5. The standard InChI is InChI=1S/C24H25N3O3S/c1-17-3-7-21(8-4-17)31(29,30)27-22-15-19(18-10-13-26(2)14-11-18)5-6-20(22)16-23(27)24(28)9-12-25/h3-8,15-16,18H,9-11,13-14H2,1-2H3. The Bertz CT molecular complexity index is 1280. The molecule has 0 bridgehead atoms. The first-order valence-corrected chi connectivity index (χ1v) is 11.8. The van der Waals surface area contributed by atoms with Gasteiger partial charge in [-0.05, 0) is 75.6 Å². The SMILES string of the molecule is Cc1ccc(S(=O)(=O)n2c(C(=O)CC#N)cc3ccc(C4CCN(C)CC4)cc32)cc1. The van der Waals surface area contributed by atoms with E-state index in [0.29, 0.717) is 16.8 Å². The number of aromatic nitrogens is 1. The number of carbonyl (C=O) groups excluding carboxylic acids is 1. The molecule has 0 amide bonds. The van der Waals surface area contributed by atoms with E-state index in [2.05, 4.69) is 11.9 Å². The van der Waals surface area contributed by atoms with Gasteiger partial charge >= 0.3 is 0 Å². The first-order valence-electron chi connectivity index (χ1n) is 10.4. The zero-order valence-electron chi connectivity index (χ0n) is 17.7. The molecule has 1 saturated heterocycles. The van der Waals surface area contributed by atoms with Gasteiger partial charge in [0, 0.05) is 5.39 Å². The molecule has 0 N–H and O–H groups in total. The summed E-state index contributed by atoms with van der Waals surface area (Å²) < 4.78 is 28.3. The summed E-state index contributed by atoms with van der Waals surface area (Å²) >= 11 is 0. The molecule has 1 aliphatic heterocycles. The van der Waals surface area contributed by atoms with E-state index in [1.165, 1.54) is 0 Å². The van der Waals surface area contributed by atoms with Gasteiger partial charge in [0.1, 0.15) is 12.1 Å². The maximum atomic E-state index is 13.6. The predicted octanol–water partition coefficient (Wildman–Crippen LogP) is 4.09. The predicted molar refractivity (Wildman–Crippen MR) is 120 cm³/mol. The minimum Gasteiger partial charge on any atom is -0.306 e. The quantitative estimate of drug-likeness (QED) is 0.564. The molecule has 2 heterocycles. The molecule has 7 heteroatoms. The number of ketones is 1. The Morgan fingerprint density at radius 1 is 1.10 bits per heavy atom. The van der Waals surface area contributed by atoms with E-state index in [1.54, 1.807) is 30.3 Å². The van der Waals surface area contributed by atoms with Gasteiger partial charge in [0.15, 0.2) is 5.78 Å². The van der Waals surface area contributed by atoms with Crippen molar-refractivity contribution in [1.29, 1.82) is 5.26 Å².